The van der Waals surface area contributed by atoms with Gasteiger partial charge in [-0.1, -0.05) is 22.0 Å². The molecule has 0 fully saturated rings. The summed E-state index contributed by atoms with van der Waals surface area (Å²) in [6, 6.07) is 12.0. The number of hydrogen-bond donors (Lipinski definition) is 1. The summed E-state index contributed by atoms with van der Waals surface area (Å²) < 4.78 is 0.832. The van der Waals surface area contributed by atoms with E-state index in [1.54, 1.807) is 36.5 Å². The number of carbonyl (C=O) groups is 1. The quantitative estimate of drug-likeness (QED) is 0.927. The van der Waals surface area contributed by atoms with Crippen molar-refractivity contribution < 1.29 is 4.79 Å². The molecule has 18 heavy (non-hydrogen) atoms. The van der Waals surface area contributed by atoms with Crippen molar-refractivity contribution in [3.8, 4) is 6.07 Å². The third-order valence-electron chi connectivity index (χ3n) is 2.22. The smallest absolute Gasteiger partial charge is 0.256 e. The molecule has 1 aromatic carbocycles. The average molecular weight is 302 g/mol. The van der Waals surface area contributed by atoms with Crippen molar-refractivity contribution in [2.45, 2.75) is 0 Å². The van der Waals surface area contributed by atoms with Crippen molar-refractivity contribution in [1.29, 1.82) is 5.26 Å². The number of hydrogen-bond acceptors (Lipinski definition) is 3. The van der Waals surface area contributed by atoms with E-state index >= 15 is 0 Å². The van der Waals surface area contributed by atoms with Gasteiger partial charge in [0, 0.05) is 16.2 Å². The first-order chi connectivity index (χ1) is 8.69. The van der Waals surface area contributed by atoms with E-state index in [2.05, 4.69) is 26.2 Å². The fourth-order valence-corrected chi connectivity index (χ4v) is 1.73. The van der Waals surface area contributed by atoms with Crippen molar-refractivity contribution in [2.24, 2.45) is 0 Å². The van der Waals surface area contributed by atoms with Gasteiger partial charge in [0.15, 0.2) is 0 Å². The number of pyridine rings is 1. The van der Waals surface area contributed by atoms with E-state index in [1.165, 1.54) is 6.07 Å². The Balaban J connectivity index is 2.20. The van der Waals surface area contributed by atoms with Crippen molar-refractivity contribution in [2.75, 3.05) is 5.32 Å². The van der Waals surface area contributed by atoms with E-state index in [0.29, 0.717) is 16.9 Å². The fraction of sp³-hybridized carbons (Fsp3) is 0. The summed E-state index contributed by atoms with van der Waals surface area (Å²) in [5, 5.41) is 11.4. The molecule has 2 rings (SSSR count). The maximum Gasteiger partial charge on any atom is 0.256 e. The van der Waals surface area contributed by atoms with Gasteiger partial charge in [0.25, 0.3) is 5.91 Å². The molecule has 0 aliphatic carbocycles. The Morgan fingerprint density at radius 1 is 1.33 bits per heavy atom. The summed E-state index contributed by atoms with van der Waals surface area (Å²) in [6.07, 6.45) is 1.59. The number of halogens is 1. The van der Waals surface area contributed by atoms with Crippen molar-refractivity contribution in [1.82, 2.24) is 4.98 Å². The molecule has 5 heteroatoms. The van der Waals surface area contributed by atoms with Crippen LogP contribution >= 0.6 is 15.9 Å². The molecular formula is C13H8BrN3O. The maximum absolute atomic E-state index is 11.9. The predicted molar refractivity (Wildman–Crippen MR) is 71.0 cm³/mol. The predicted octanol–water partition coefficient (Wildman–Crippen LogP) is 2.97. The van der Waals surface area contributed by atoms with Crippen LogP contribution in [0.1, 0.15) is 15.9 Å². The van der Waals surface area contributed by atoms with Crippen LogP contribution < -0.4 is 5.32 Å². The van der Waals surface area contributed by atoms with Crippen LogP contribution in [0.25, 0.3) is 0 Å². The Morgan fingerprint density at radius 3 is 2.89 bits per heavy atom. The average Bonchev–Trinajstić information content (AvgIpc) is 2.39. The molecule has 0 saturated carbocycles. The van der Waals surface area contributed by atoms with Gasteiger partial charge in [-0.05, 0) is 30.3 Å². The molecule has 0 aliphatic heterocycles. The van der Waals surface area contributed by atoms with Gasteiger partial charge in [0.2, 0.25) is 0 Å². The standard InChI is InChI=1S/C13H8BrN3O/c14-11-4-5-16-12(7-11)17-13(18)10-3-1-2-9(6-10)8-15/h1-7H,(H,16,17,18). The van der Waals surface area contributed by atoms with E-state index in [-0.39, 0.29) is 5.91 Å². The van der Waals surface area contributed by atoms with Crippen LogP contribution in [0.3, 0.4) is 0 Å². The second-order valence-corrected chi connectivity index (χ2v) is 4.42. The highest BCUT2D eigenvalue weighted by Gasteiger charge is 2.07. The topological polar surface area (TPSA) is 65.8 Å². The van der Waals surface area contributed by atoms with E-state index < -0.39 is 0 Å². The van der Waals surface area contributed by atoms with Crippen LogP contribution in [0.15, 0.2) is 47.1 Å². The number of anilines is 1. The summed E-state index contributed by atoms with van der Waals surface area (Å²) in [7, 11) is 0. The number of amides is 1. The van der Waals surface area contributed by atoms with Gasteiger partial charge in [-0.25, -0.2) is 4.98 Å². The SMILES string of the molecule is N#Cc1cccc(C(=O)Nc2cc(Br)ccn2)c1. The number of nitriles is 1. The lowest BCUT2D eigenvalue weighted by Crippen LogP contribution is -2.12. The first-order valence-corrected chi connectivity index (χ1v) is 5.91. The van der Waals surface area contributed by atoms with Crippen LogP contribution in [0.4, 0.5) is 5.82 Å². The number of aromatic nitrogens is 1. The third-order valence-corrected chi connectivity index (χ3v) is 2.71. The van der Waals surface area contributed by atoms with Crippen LogP contribution in [0.2, 0.25) is 0 Å². The minimum Gasteiger partial charge on any atom is -0.307 e. The minimum atomic E-state index is -0.294. The third kappa shape index (κ3) is 2.93. The molecule has 0 spiro atoms. The highest BCUT2D eigenvalue weighted by Crippen LogP contribution is 2.14. The molecule has 0 bridgehead atoms. The first kappa shape index (κ1) is 12.3. The molecule has 2 aromatic rings. The molecule has 1 amide bonds. The Bertz CT molecular complexity index is 634. The van der Waals surface area contributed by atoms with Crippen molar-refractivity contribution in [3.05, 3.63) is 58.2 Å². The Kier molecular flexibility index (Phi) is 3.70. The molecule has 88 valence electrons. The molecule has 1 aromatic heterocycles. The van der Waals surface area contributed by atoms with Crippen LogP contribution in [-0.2, 0) is 0 Å². The number of carbonyl (C=O) groups excluding carboxylic acids is 1. The summed E-state index contributed by atoms with van der Waals surface area (Å²) in [6.45, 7) is 0. The van der Waals surface area contributed by atoms with Gasteiger partial charge >= 0.3 is 0 Å². The van der Waals surface area contributed by atoms with Gasteiger partial charge in [-0.3, -0.25) is 4.79 Å². The number of rotatable bonds is 2. The molecule has 4 nitrogen and oxygen atoms in total. The summed E-state index contributed by atoms with van der Waals surface area (Å²) in [5.74, 6) is 0.162. The van der Waals surface area contributed by atoms with Gasteiger partial charge in [0.05, 0.1) is 11.6 Å². The zero-order valence-corrected chi connectivity index (χ0v) is 10.8. The van der Waals surface area contributed by atoms with Crippen molar-refractivity contribution in [3.63, 3.8) is 0 Å². The van der Waals surface area contributed by atoms with Gasteiger partial charge in [-0.15, -0.1) is 0 Å². The van der Waals surface area contributed by atoms with Gasteiger partial charge in [-0.2, -0.15) is 5.26 Å². The lowest BCUT2D eigenvalue weighted by Gasteiger charge is -2.04. The second kappa shape index (κ2) is 5.43. The Morgan fingerprint density at radius 2 is 2.17 bits per heavy atom. The number of benzene rings is 1. The van der Waals surface area contributed by atoms with E-state index in [9.17, 15) is 4.79 Å². The number of nitrogens with one attached hydrogen (secondary N) is 1. The van der Waals surface area contributed by atoms with Crippen molar-refractivity contribution >= 4 is 27.7 Å². The Labute approximate surface area is 112 Å². The summed E-state index contributed by atoms with van der Waals surface area (Å²) >= 11 is 3.30. The lowest BCUT2D eigenvalue weighted by molar-refractivity contribution is 0.102. The normalized spacial score (nSPS) is 9.56. The molecule has 0 unspecified atom stereocenters. The van der Waals surface area contributed by atoms with Crippen LogP contribution in [0, 0.1) is 11.3 Å². The van der Waals surface area contributed by atoms with E-state index in [1.807, 2.05) is 6.07 Å². The van der Waals surface area contributed by atoms with Crippen LogP contribution in [0.5, 0.6) is 0 Å². The van der Waals surface area contributed by atoms with E-state index in [0.717, 1.165) is 4.47 Å². The second-order valence-electron chi connectivity index (χ2n) is 3.51. The highest BCUT2D eigenvalue weighted by molar-refractivity contribution is 9.10. The molecule has 1 heterocycles. The monoisotopic (exact) mass is 301 g/mol. The molecule has 0 aliphatic rings. The molecule has 1 N–H and O–H groups in total. The van der Waals surface area contributed by atoms with Crippen LogP contribution in [-0.4, -0.2) is 10.9 Å². The molecule has 0 atom stereocenters. The zero-order chi connectivity index (χ0) is 13.0. The van der Waals surface area contributed by atoms with Gasteiger partial charge in [0.1, 0.15) is 5.82 Å². The molecular weight excluding hydrogens is 294 g/mol. The minimum absolute atomic E-state index is 0.294. The molecule has 0 radical (unpaired) electrons. The van der Waals surface area contributed by atoms with Gasteiger partial charge < -0.3 is 5.32 Å². The zero-order valence-electron chi connectivity index (χ0n) is 9.22. The number of nitrogens with zero attached hydrogens (tertiary/aromatic N) is 2. The lowest BCUT2D eigenvalue weighted by atomic mass is 10.1. The highest BCUT2D eigenvalue weighted by atomic mass is 79.9. The fourth-order valence-electron chi connectivity index (χ4n) is 1.39. The first-order valence-electron chi connectivity index (χ1n) is 5.12. The molecule has 0 saturated heterocycles. The maximum atomic E-state index is 11.9. The summed E-state index contributed by atoms with van der Waals surface area (Å²) in [4.78, 5) is 15.9. The Hall–Kier alpha value is -2.19. The summed E-state index contributed by atoms with van der Waals surface area (Å²) in [5.41, 5.74) is 0.876. The largest absolute Gasteiger partial charge is 0.307 e. The van der Waals surface area contributed by atoms with E-state index in [4.69, 9.17) is 5.26 Å².